The van der Waals surface area contributed by atoms with Gasteiger partial charge in [-0.2, -0.15) is 17.0 Å². The SMILES string of the molecule is CC(C)NCCCN(C)S(=O)(=O)N1CCC(C(C)C)C1. The third-order valence-corrected chi connectivity index (χ3v) is 6.01. The summed E-state index contributed by atoms with van der Waals surface area (Å²) >= 11 is 0. The molecule has 1 saturated heterocycles. The molecular formula is C14H31N3O2S. The van der Waals surface area contributed by atoms with Crippen LogP contribution in [0.3, 0.4) is 0 Å². The highest BCUT2D eigenvalue weighted by Crippen LogP contribution is 2.26. The van der Waals surface area contributed by atoms with Gasteiger partial charge in [0.05, 0.1) is 0 Å². The molecule has 6 heteroatoms. The molecule has 0 aromatic heterocycles. The molecule has 0 aromatic carbocycles. The summed E-state index contributed by atoms with van der Waals surface area (Å²) in [6.45, 7) is 11.3. The Kier molecular flexibility index (Phi) is 6.91. The van der Waals surface area contributed by atoms with Crippen molar-refractivity contribution in [2.45, 2.75) is 46.6 Å². The Labute approximate surface area is 124 Å². The largest absolute Gasteiger partial charge is 0.314 e. The van der Waals surface area contributed by atoms with Gasteiger partial charge in [0.1, 0.15) is 0 Å². The van der Waals surface area contributed by atoms with Crippen LogP contribution in [0.4, 0.5) is 0 Å². The summed E-state index contributed by atoms with van der Waals surface area (Å²) in [6, 6.07) is 0.447. The third-order valence-electron chi connectivity index (χ3n) is 4.05. The number of hydrogen-bond donors (Lipinski definition) is 1. The minimum atomic E-state index is -3.27. The predicted molar refractivity (Wildman–Crippen MR) is 83.8 cm³/mol. The van der Waals surface area contributed by atoms with Crippen LogP contribution < -0.4 is 5.32 Å². The van der Waals surface area contributed by atoms with E-state index in [4.69, 9.17) is 0 Å². The molecule has 1 aliphatic rings. The number of hydrogen-bond acceptors (Lipinski definition) is 3. The Morgan fingerprint density at radius 1 is 1.30 bits per heavy atom. The van der Waals surface area contributed by atoms with Crippen LogP contribution in [0.25, 0.3) is 0 Å². The van der Waals surface area contributed by atoms with E-state index in [9.17, 15) is 8.42 Å². The average Bonchev–Trinajstić information content (AvgIpc) is 2.84. The van der Waals surface area contributed by atoms with Crippen LogP contribution in [-0.4, -0.2) is 56.3 Å². The maximum atomic E-state index is 12.5. The zero-order valence-electron chi connectivity index (χ0n) is 13.6. The van der Waals surface area contributed by atoms with Crippen molar-refractivity contribution in [2.24, 2.45) is 11.8 Å². The molecule has 0 aliphatic carbocycles. The lowest BCUT2D eigenvalue weighted by molar-refractivity contribution is 0.359. The molecule has 1 rings (SSSR count). The smallest absolute Gasteiger partial charge is 0.281 e. The second-order valence-corrected chi connectivity index (χ2v) is 8.48. The molecule has 1 fully saturated rings. The number of nitrogens with one attached hydrogen (secondary N) is 1. The van der Waals surface area contributed by atoms with Crippen molar-refractivity contribution in [2.75, 3.05) is 33.2 Å². The highest BCUT2D eigenvalue weighted by atomic mass is 32.2. The summed E-state index contributed by atoms with van der Waals surface area (Å²) in [7, 11) is -1.58. The summed E-state index contributed by atoms with van der Waals surface area (Å²) in [5.74, 6) is 1.05. The van der Waals surface area contributed by atoms with Crippen LogP contribution in [0.15, 0.2) is 0 Å². The van der Waals surface area contributed by atoms with Crippen molar-refractivity contribution in [3.63, 3.8) is 0 Å². The van der Waals surface area contributed by atoms with E-state index in [1.54, 1.807) is 11.4 Å². The van der Waals surface area contributed by atoms with Crippen LogP contribution in [0, 0.1) is 11.8 Å². The van der Waals surface area contributed by atoms with E-state index >= 15 is 0 Å². The summed E-state index contributed by atoms with van der Waals surface area (Å²) in [5, 5.41) is 3.31. The van der Waals surface area contributed by atoms with Gasteiger partial charge in [-0.05, 0) is 31.2 Å². The van der Waals surface area contributed by atoms with Crippen LogP contribution >= 0.6 is 0 Å². The second kappa shape index (κ2) is 7.73. The molecule has 0 bridgehead atoms. The highest BCUT2D eigenvalue weighted by molar-refractivity contribution is 7.86. The summed E-state index contributed by atoms with van der Waals surface area (Å²) in [5.41, 5.74) is 0. The van der Waals surface area contributed by atoms with Crippen LogP contribution in [0.1, 0.15) is 40.5 Å². The van der Waals surface area contributed by atoms with Crippen molar-refractivity contribution in [1.29, 1.82) is 0 Å². The minimum absolute atomic E-state index is 0.447. The van der Waals surface area contributed by atoms with Gasteiger partial charge in [0.2, 0.25) is 0 Å². The monoisotopic (exact) mass is 305 g/mol. The Balaban J connectivity index is 2.44. The van der Waals surface area contributed by atoms with Gasteiger partial charge >= 0.3 is 0 Å². The fourth-order valence-corrected chi connectivity index (χ4v) is 3.98. The van der Waals surface area contributed by atoms with Gasteiger partial charge in [-0.25, -0.2) is 0 Å². The Morgan fingerprint density at radius 2 is 1.95 bits per heavy atom. The third kappa shape index (κ3) is 4.98. The van der Waals surface area contributed by atoms with E-state index < -0.39 is 10.2 Å². The highest BCUT2D eigenvalue weighted by Gasteiger charge is 2.34. The van der Waals surface area contributed by atoms with Gasteiger partial charge in [-0.1, -0.05) is 27.7 Å². The lowest BCUT2D eigenvalue weighted by Crippen LogP contribution is -2.42. The lowest BCUT2D eigenvalue weighted by atomic mass is 9.96. The molecule has 0 aromatic rings. The zero-order chi connectivity index (χ0) is 15.3. The maximum Gasteiger partial charge on any atom is 0.281 e. The molecule has 1 unspecified atom stereocenters. The molecule has 0 spiro atoms. The van der Waals surface area contributed by atoms with Gasteiger partial charge in [0.25, 0.3) is 10.2 Å². The van der Waals surface area contributed by atoms with Crippen molar-refractivity contribution >= 4 is 10.2 Å². The van der Waals surface area contributed by atoms with Gasteiger partial charge in [0, 0.05) is 32.7 Å². The van der Waals surface area contributed by atoms with Gasteiger partial charge < -0.3 is 5.32 Å². The fraction of sp³-hybridized carbons (Fsp3) is 1.00. The first-order valence-electron chi connectivity index (χ1n) is 7.70. The van der Waals surface area contributed by atoms with Crippen LogP contribution in [-0.2, 0) is 10.2 Å². The molecule has 1 aliphatic heterocycles. The first-order valence-corrected chi connectivity index (χ1v) is 9.09. The zero-order valence-corrected chi connectivity index (χ0v) is 14.4. The van der Waals surface area contributed by atoms with E-state index in [0.29, 0.717) is 37.5 Å². The molecule has 1 heterocycles. The van der Waals surface area contributed by atoms with E-state index in [1.165, 1.54) is 4.31 Å². The van der Waals surface area contributed by atoms with Crippen LogP contribution in [0.5, 0.6) is 0 Å². The van der Waals surface area contributed by atoms with Gasteiger partial charge in [-0.15, -0.1) is 0 Å². The predicted octanol–water partition coefficient (Wildman–Crippen LogP) is 1.53. The molecule has 1 atom stereocenters. The van der Waals surface area contributed by atoms with Crippen molar-refractivity contribution in [3.8, 4) is 0 Å². The molecule has 0 saturated carbocycles. The quantitative estimate of drug-likeness (QED) is 0.692. The van der Waals surface area contributed by atoms with Crippen molar-refractivity contribution in [1.82, 2.24) is 13.9 Å². The lowest BCUT2D eigenvalue weighted by Gasteiger charge is -2.24. The molecular weight excluding hydrogens is 274 g/mol. The standard InChI is InChI=1S/C14H31N3O2S/c1-12(2)14-7-10-17(11-14)20(18,19)16(5)9-6-8-15-13(3)4/h12-15H,6-11H2,1-5H3. The Bertz CT molecular complexity index is 382. The average molecular weight is 305 g/mol. The molecule has 0 radical (unpaired) electrons. The molecule has 1 N–H and O–H groups in total. The molecule has 20 heavy (non-hydrogen) atoms. The summed E-state index contributed by atoms with van der Waals surface area (Å²) < 4.78 is 28.1. The molecule has 0 amide bonds. The molecule has 5 nitrogen and oxygen atoms in total. The van der Waals surface area contributed by atoms with E-state index in [1.807, 2.05) is 0 Å². The number of rotatable bonds is 8. The minimum Gasteiger partial charge on any atom is -0.314 e. The Hall–Kier alpha value is -0.170. The first kappa shape index (κ1) is 17.9. The maximum absolute atomic E-state index is 12.5. The molecule has 120 valence electrons. The topological polar surface area (TPSA) is 52.7 Å². The van der Waals surface area contributed by atoms with E-state index in [2.05, 4.69) is 33.0 Å². The normalized spacial score (nSPS) is 21.5. The van der Waals surface area contributed by atoms with Crippen molar-refractivity contribution < 1.29 is 8.42 Å². The summed E-state index contributed by atoms with van der Waals surface area (Å²) in [4.78, 5) is 0. The van der Waals surface area contributed by atoms with E-state index in [-0.39, 0.29) is 0 Å². The van der Waals surface area contributed by atoms with Gasteiger partial charge in [-0.3, -0.25) is 0 Å². The van der Waals surface area contributed by atoms with E-state index in [0.717, 1.165) is 19.4 Å². The number of nitrogens with zero attached hydrogens (tertiary/aromatic N) is 2. The fourth-order valence-electron chi connectivity index (χ4n) is 2.51. The Morgan fingerprint density at radius 3 is 2.45 bits per heavy atom. The summed E-state index contributed by atoms with van der Waals surface area (Å²) in [6.07, 6.45) is 1.83. The van der Waals surface area contributed by atoms with Crippen molar-refractivity contribution in [3.05, 3.63) is 0 Å². The van der Waals surface area contributed by atoms with Crippen LogP contribution in [0.2, 0.25) is 0 Å². The second-order valence-electron chi connectivity index (χ2n) is 6.44. The van der Waals surface area contributed by atoms with Gasteiger partial charge in [0.15, 0.2) is 0 Å². The first-order chi connectivity index (χ1) is 9.25.